The van der Waals surface area contributed by atoms with Crippen LogP contribution < -0.4 is 5.32 Å². The maximum Gasteiger partial charge on any atom is 0.0791 e. The summed E-state index contributed by atoms with van der Waals surface area (Å²) in [6, 6.07) is 1.24. The predicted molar refractivity (Wildman–Crippen MR) is 71.1 cm³/mol. The largest absolute Gasteiger partial charge is 0.390 e. The van der Waals surface area contributed by atoms with Crippen LogP contribution in [-0.2, 0) is 0 Å². The highest BCUT2D eigenvalue weighted by Crippen LogP contribution is 2.35. The van der Waals surface area contributed by atoms with Crippen LogP contribution in [0.4, 0.5) is 0 Å². The lowest BCUT2D eigenvalue weighted by Gasteiger charge is -2.33. The molecule has 0 aromatic heterocycles. The molecule has 2 N–H and O–H groups in total. The van der Waals surface area contributed by atoms with Crippen molar-refractivity contribution in [1.29, 1.82) is 0 Å². The van der Waals surface area contributed by atoms with Crippen LogP contribution in [0.1, 0.15) is 46.0 Å². The molecule has 2 aliphatic rings. The van der Waals surface area contributed by atoms with E-state index >= 15 is 0 Å². The number of fused-ring (bicyclic) bond motifs is 1. The first-order chi connectivity index (χ1) is 8.16. The first kappa shape index (κ1) is 13.3. The minimum Gasteiger partial charge on any atom is -0.390 e. The average molecular weight is 240 g/mol. The second-order valence-electron chi connectivity index (χ2n) is 6.11. The second kappa shape index (κ2) is 6.17. The quantitative estimate of drug-likeness (QED) is 0.766. The van der Waals surface area contributed by atoms with Crippen molar-refractivity contribution in [1.82, 2.24) is 10.2 Å². The summed E-state index contributed by atoms with van der Waals surface area (Å²) in [6.07, 6.45) is 6.73. The van der Waals surface area contributed by atoms with Gasteiger partial charge in [-0.3, -0.25) is 4.90 Å². The van der Waals surface area contributed by atoms with Crippen molar-refractivity contribution in [3.8, 4) is 0 Å². The third-order valence-electron chi connectivity index (χ3n) is 4.33. The van der Waals surface area contributed by atoms with E-state index in [1.165, 1.54) is 38.6 Å². The van der Waals surface area contributed by atoms with Gasteiger partial charge in [-0.25, -0.2) is 0 Å². The van der Waals surface area contributed by atoms with Gasteiger partial charge in [0.1, 0.15) is 0 Å². The Labute approximate surface area is 106 Å². The van der Waals surface area contributed by atoms with Crippen LogP contribution in [0.2, 0.25) is 0 Å². The van der Waals surface area contributed by atoms with Gasteiger partial charge in [0.2, 0.25) is 0 Å². The molecular weight excluding hydrogens is 212 g/mol. The smallest absolute Gasteiger partial charge is 0.0791 e. The van der Waals surface area contributed by atoms with E-state index < -0.39 is 0 Å². The van der Waals surface area contributed by atoms with Gasteiger partial charge in [0.05, 0.1) is 6.10 Å². The minimum atomic E-state index is -0.210. The molecule has 1 heterocycles. The average Bonchev–Trinajstić information content (AvgIpc) is 2.70. The molecule has 3 heteroatoms. The number of β-amino-alcohol motifs (C(OH)–C–C–N with tert-alkyl or cyclic N) is 1. The standard InChI is InChI=1S/C14H28N2O/c1-11(2)15-9-13(17)10-16-8-7-12-5-3-4-6-14(12)16/h11-15,17H,3-10H2,1-2H3. The number of nitrogens with zero attached hydrogens (tertiary/aromatic N) is 1. The summed E-state index contributed by atoms with van der Waals surface area (Å²) in [5.41, 5.74) is 0. The summed E-state index contributed by atoms with van der Waals surface area (Å²) in [4.78, 5) is 2.54. The molecule has 0 aromatic carbocycles. The third-order valence-corrected chi connectivity index (χ3v) is 4.33. The fourth-order valence-corrected chi connectivity index (χ4v) is 3.44. The van der Waals surface area contributed by atoms with Gasteiger partial charge in [-0.2, -0.15) is 0 Å². The molecule has 100 valence electrons. The maximum absolute atomic E-state index is 10.0. The molecule has 0 aromatic rings. The Kier molecular flexibility index (Phi) is 4.83. The fraction of sp³-hybridized carbons (Fsp3) is 1.00. The van der Waals surface area contributed by atoms with E-state index in [1.54, 1.807) is 0 Å². The van der Waals surface area contributed by atoms with Crippen LogP contribution in [-0.4, -0.2) is 47.8 Å². The lowest BCUT2D eigenvalue weighted by molar-refractivity contribution is 0.0874. The molecule has 3 nitrogen and oxygen atoms in total. The van der Waals surface area contributed by atoms with Crippen LogP contribution in [0.5, 0.6) is 0 Å². The molecule has 1 aliphatic carbocycles. The topological polar surface area (TPSA) is 35.5 Å². The molecule has 0 radical (unpaired) electrons. The molecule has 17 heavy (non-hydrogen) atoms. The van der Waals surface area contributed by atoms with Crippen LogP contribution in [0.25, 0.3) is 0 Å². The maximum atomic E-state index is 10.0. The molecule has 3 unspecified atom stereocenters. The first-order valence-corrected chi connectivity index (χ1v) is 7.32. The van der Waals surface area contributed by atoms with Crippen LogP contribution >= 0.6 is 0 Å². The van der Waals surface area contributed by atoms with Gasteiger partial charge >= 0.3 is 0 Å². The Hall–Kier alpha value is -0.120. The summed E-state index contributed by atoms with van der Waals surface area (Å²) in [7, 11) is 0. The lowest BCUT2D eigenvalue weighted by Crippen LogP contribution is -2.43. The summed E-state index contributed by atoms with van der Waals surface area (Å²) < 4.78 is 0. The monoisotopic (exact) mass is 240 g/mol. The second-order valence-corrected chi connectivity index (χ2v) is 6.11. The van der Waals surface area contributed by atoms with Crippen LogP contribution in [0.15, 0.2) is 0 Å². The molecule has 1 saturated carbocycles. The van der Waals surface area contributed by atoms with Crippen molar-refractivity contribution < 1.29 is 5.11 Å². The Morgan fingerprint density at radius 1 is 1.24 bits per heavy atom. The Morgan fingerprint density at radius 3 is 2.76 bits per heavy atom. The van der Waals surface area contributed by atoms with E-state index in [-0.39, 0.29) is 6.10 Å². The van der Waals surface area contributed by atoms with Gasteiger partial charge in [-0.1, -0.05) is 26.7 Å². The van der Waals surface area contributed by atoms with Crippen molar-refractivity contribution in [2.75, 3.05) is 19.6 Å². The summed E-state index contributed by atoms with van der Waals surface area (Å²) in [5, 5.41) is 13.4. The van der Waals surface area contributed by atoms with Gasteiger partial charge in [0.15, 0.2) is 0 Å². The van der Waals surface area contributed by atoms with E-state index in [4.69, 9.17) is 0 Å². The van der Waals surface area contributed by atoms with Gasteiger partial charge in [0.25, 0.3) is 0 Å². The zero-order valence-electron chi connectivity index (χ0n) is 11.4. The Morgan fingerprint density at radius 2 is 2.00 bits per heavy atom. The Balaban J connectivity index is 1.75. The van der Waals surface area contributed by atoms with Gasteiger partial charge < -0.3 is 10.4 Å². The van der Waals surface area contributed by atoms with Gasteiger partial charge in [-0.05, 0) is 31.7 Å². The lowest BCUT2D eigenvalue weighted by atomic mass is 9.85. The minimum absolute atomic E-state index is 0.210. The molecular formula is C14H28N2O. The molecule has 2 fully saturated rings. The third kappa shape index (κ3) is 3.67. The number of rotatable bonds is 5. The molecule has 0 spiro atoms. The number of aliphatic hydroxyl groups excluding tert-OH is 1. The summed E-state index contributed by atoms with van der Waals surface area (Å²) >= 11 is 0. The summed E-state index contributed by atoms with van der Waals surface area (Å²) in [5.74, 6) is 0.925. The van der Waals surface area contributed by atoms with Gasteiger partial charge in [-0.15, -0.1) is 0 Å². The van der Waals surface area contributed by atoms with E-state index in [2.05, 4.69) is 24.1 Å². The van der Waals surface area contributed by atoms with E-state index in [9.17, 15) is 5.11 Å². The van der Waals surface area contributed by atoms with E-state index in [0.29, 0.717) is 6.04 Å². The van der Waals surface area contributed by atoms with E-state index in [1.807, 2.05) is 0 Å². The molecule has 0 bridgehead atoms. The molecule has 1 aliphatic heterocycles. The van der Waals surface area contributed by atoms with Crippen molar-refractivity contribution in [3.63, 3.8) is 0 Å². The number of likely N-dealkylation sites (tertiary alicyclic amines) is 1. The molecule has 2 rings (SSSR count). The van der Waals surface area contributed by atoms with Crippen LogP contribution in [0, 0.1) is 5.92 Å². The zero-order valence-corrected chi connectivity index (χ0v) is 11.4. The number of aliphatic hydroxyl groups is 1. The highest BCUT2D eigenvalue weighted by Gasteiger charge is 2.35. The number of hydrogen-bond donors (Lipinski definition) is 2. The summed E-state index contributed by atoms with van der Waals surface area (Å²) in [6.45, 7) is 7.04. The van der Waals surface area contributed by atoms with Crippen molar-refractivity contribution >= 4 is 0 Å². The predicted octanol–water partition coefficient (Wildman–Crippen LogP) is 1.61. The SMILES string of the molecule is CC(C)NCC(O)CN1CCC2CCCCC21. The normalized spacial score (nSPS) is 31.8. The highest BCUT2D eigenvalue weighted by molar-refractivity contribution is 4.90. The van der Waals surface area contributed by atoms with E-state index in [0.717, 1.165) is 25.0 Å². The van der Waals surface area contributed by atoms with Crippen LogP contribution in [0.3, 0.4) is 0 Å². The van der Waals surface area contributed by atoms with Crippen molar-refractivity contribution in [3.05, 3.63) is 0 Å². The molecule has 1 saturated heterocycles. The zero-order chi connectivity index (χ0) is 12.3. The molecule has 3 atom stereocenters. The first-order valence-electron chi connectivity index (χ1n) is 7.32. The van der Waals surface area contributed by atoms with Crippen molar-refractivity contribution in [2.24, 2.45) is 5.92 Å². The fourth-order valence-electron chi connectivity index (χ4n) is 3.44. The highest BCUT2D eigenvalue weighted by atomic mass is 16.3. The molecule has 0 amide bonds. The number of hydrogen-bond acceptors (Lipinski definition) is 3. The van der Waals surface area contributed by atoms with Gasteiger partial charge in [0, 0.05) is 25.2 Å². The Bertz CT molecular complexity index is 232. The van der Waals surface area contributed by atoms with Crippen molar-refractivity contribution in [2.45, 2.75) is 64.1 Å². The number of nitrogens with one attached hydrogen (secondary N) is 1.